The Morgan fingerprint density at radius 2 is 1.76 bits per heavy atom. The van der Waals surface area contributed by atoms with E-state index in [0.29, 0.717) is 36.8 Å². The average Bonchev–Trinajstić information content (AvgIpc) is 2.80. The lowest BCUT2D eigenvalue weighted by Crippen LogP contribution is -2.33. The highest BCUT2D eigenvalue weighted by atomic mass is 16.6. The van der Waals surface area contributed by atoms with Gasteiger partial charge in [0, 0.05) is 30.4 Å². The summed E-state index contributed by atoms with van der Waals surface area (Å²) in [6, 6.07) is 5.18. The Morgan fingerprint density at radius 3 is 2.37 bits per heavy atom. The van der Waals surface area contributed by atoms with E-state index >= 15 is 0 Å². The van der Waals surface area contributed by atoms with E-state index < -0.39 is 23.1 Å². The molecule has 9 heteroatoms. The molecular formula is C29H40N2O7. The molecule has 2 N–H and O–H groups in total. The van der Waals surface area contributed by atoms with Crippen LogP contribution in [-0.4, -0.2) is 47.6 Å². The van der Waals surface area contributed by atoms with Gasteiger partial charge in [-0.2, -0.15) is 0 Å². The molecule has 1 amide bonds. The molecule has 0 aliphatic carbocycles. The van der Waals surface area contributed by atoms with Crippen molar-refractivity contribution in [2.75, 3.05) is 20.3 Å². The summed E-state index contributed by atoms with van der Waals surface area (Å²) < 4.78 is 18.8. The summed E-state index contributed by atoms with van der Waals surface area (Å²) in [5.41, 5.74) is 1.05. The number of carboxylic acids is 1. The third-order valence-corrected chi connectivity index (χ3v) is 6.47. The Kier molecular flexibility index (Phi) is 8.79. The zero-order chi connectivity index (χ0) is 28.3. The van der Waals surface area contributed by atoms with Crippen LogP contribution < -0.4 is 20.2 Å². The number of nitrogens with one attached hydrogen (secondary N) is 1. The van der Waals surface area contributed by atoms with E-state index in [0.717, 1.165) is 30.4 Å². The third kappa shape index (κ3) is 7.08. The molecule has 1 aliphatic rings. The maximum Gasteiger partial charge on any atom is 0.407 e. The molecule has 0 unspecified atom stereocenters. The van der Waals surface area contributed by atoms with Crippen molar-refractivity contribution in [2.24, 2.45) is 5.41 Å². The highest BCUT2D eigenvalue weighted by Crippen LogP contribution is 2.45. The third-order valence-electron chi connectivity index (χ3n) is 6.47. The van der Waals surface area contributed by atoms with Crippen LogP contribution in [0.3, 0.4) is 0 Å². The summed E-state index contributed by atoms with van der Waals surface area (Å²) in [5, 5.41) is 12.3. The predicted molar refractivity (Wildman–Crippen MR) is 145 cm³/mol. The molecule has 3 rings (SSSR count). The molecule has 1 aliphatic heterocycles. The number of pyridine rings is 1. The van der Waals surface area contributed by atoms with Crippen LogP contribution >= 0.6 is 0 Å². The summed E-state index contributed by atoms with van der Waals surface area (Å²) >= 11 is 0. The van der Waals surface area contributed by atoms with Crippen molar-refractivity contribution >= 4 is 12.1 Å². The zero-order valence-corrected chi connectivity index (χ0v) is 23.5. The van der Waals surface area contributed by atoms with Gasteiger partial charge in [-0.15, -0.1) is 0 Å². The number of carboxylic acid groups (broad SMARTS) is 1. The summed E-state index contributed by atoms with van der Waals surface area (Å²) in [6.07, 6.45) is 4.19. The smallest absolute Gasteiger partial charge is 0.407 e. The average molecular weight is 529 g/mol. The first-order valence-electron chi connectivity index (χ1n) is 13.0. The van der Waals surface area contributed by atoms with Crippen molar-refractivity contribution in [3.05, 3.63) is 45.7 Å². The molecule has 1 aromatic heterocycles. The standard InChI is InChI=1S/C29H40N2O7/c1-28(2,3)25-14-18-13-24(37-12-10-8-9-11-30-27(35)38-29(4,5)6)23(36-7)15-19(18)21-16-22(32)20(26(33)34)17-31(21)25/h13,15-17,25H,8-12,14H2,1-7H3,(H,30,35)(H,33,34)/t25-/m0/s1. The van der Waals surface area contributed by atoms with Gasteiger partial charge in [-0.25, -0.2) is 9.59 Å². The lowest BCUT2D eigenvalue weighted by Gasteiger charge is -2.39. The molecule has 0 saturated carbocycles. The number of unbranched alkanes of at least 4 members (excludes halogenated alkanes) is 2. The van der Waals surface area contributed by atoms with E-state index in [1.807, 2.05) is 37.5 Å². The molecule has 1 atom stereocenters. The van der Waals surface area contributed by atoms with E-state index in [-0.39, 0.29) is 17.0 Å². The first kappa shape index (κ1) is 29.1. The van der Waals surface area contributed by atoms with Gasteiger partial charge in [0.05, 0.1) is 19.4 Å². The number of aromatic nitrogens is 1. The van der Waals surface area contributed by atoms with Crippen molar-refractivity contribution in [3.63, 3.8) is 0 Å². The molecule has 0 radical (unpaired) electrons. The number of amides is 1. The topological polar surface area (TPSA) is 116 Å². The van der Waals surface area contributed by atoms with Crippen LogP contribution in [0, 0.1) is 5.41 Å². The number of carbonyl (C=O) groups excluding carboxylic acids is 1. The number of rotatable bonds is 9. The Labute approximate surface area is 224 Å². The number of hydrogen-bond acceptors (Lipinski definition) is 6. The summed E-state index contributed by atoms with van der Waals surface area (Å²) in [4.78, 5) is 36.0. The monoisotopic (exact) mass is 528 g/mol. The normalized spacial score (nSPS) is 14.8. The molecule has 1 aromatic carbocycles. The molecule has 0 fully saturated rings. The number of nitrogens with zero attached hydrogens (tertiary/aromatic N) is 1. The number of benzene rings is 1. The fourth-order valence-corrected chi connectivity index (χ4v) is 4.59. The number of hydrogen-bond donors (Lipinski definition) is 2. The number of aromatic carboxylic acids is 1. The number of alkyl carbamates (subject to hydrolysis) is 1. The second kappa shape index (κ2) is 11.5. The molecule has 2 aromatic rings. The summed E-state index contributed by atoms with van der Waals surface area (Å²) in [7, 11) is 1.57. The largest absolute Gasteiger partial charge is 0.493 e. The van der Waals surface area contributed by atoms with Crippen molar-refractivity contribution in [1.82, 2.24) is 9.88 Å². The molecule has 0 spiro atoms. The van der Waals surface area contributed by atoms with E-state index in [2.05, 4.69) is 26.1 Å². The fourth-order valence-electron chi connectivity index (χ4n) is 4.59. The van der Waals surface area contributed by atoms with Crippen LogP contribution in [0.15, 0.2) is 29.2 Å². The van der Waals surface area contributed by atoms with Crippen LogP contribution in [0.1, 0.15) is 82.8 Å². The first-order chi connectivity index (χ1) is 17.7. The lowest BCUT2D eigenvalue weighted by atomic mass is 9.78. The molecule has 9 nitrogen and oxygen atoms in total. The van der Waals surface area contributed by atoms with Gasteiger partial charge in [0.2, 0.25) is 0 Å². The Hall–Kier alpha value is -3.49. The van der Waals surface area contributed by atoms with Gasteiger partial charge in [-0.3, -0.25) is 4.79 Å². The maximum absolute atomic E-state index is 12.6. The molecule has 38 heavy (non-hydrogen) atoms. The van der Waals surface area contributed by atoms with Gasteiger partial charge in [-0.1, -0.05) is 20.8 Å². The molecular weight excluding hydrogens is 488 g/mol. The zero-order valence-electron chi connectivity index (χ0n) is 23.5. The van der Waals surface area contributed by atoms with Crippen LogP contribution in [0.2, 0.25) is 0 Å². The van der Waals surface area contributed by atoms with Crippen molar-refractivity contribution in [3.8, 4) is 22.8 Å². The molecule has 0 saturated heterocycles. The lowest BCUT2D eigenvalue weighted by molar-refractivity contribution is 0.0526. The van der Waals surface area contributed by atoms with Crippen molar-refractivity contribution < 1.29 is 28.9 Å². The van der Waals surface area contributed by atoms with Crippen LogP contribution in [0.25, 0.3) is 11.3 Å². The van der Waals surface area contributed by atoms with E-state index in [4.69, 9.17) is 14.2 Å². The van der Waals surface area contributed by atoms with Crippen molar-refractivity contribution in [2.45, 2.75) is 78.9 Å². The van der Waals surface area contributed by atoms with Gasteiger partial charge >= 0.3 is 12.1 Å². The minimum Gasteiger partial charge on any atom is -0.493 e. The predicted octanol–water partition coefficient (Wildman–Crippen LogP) is 5.44. The van der Waals surface area contributed by atoms with Gasteiger partial charge in [0.1, 0.15) is 11.2 Å². The highest BCUT2D eigenvalue weighted by Gasteiger charge is 2.34. The number of carbonyl (C=O) groups is 2. The van der Waals surface area contributed by atoms with Gasteiger partial charge in [-0.05, 0) is 69.6 Å². The molecule has 2 heterocycles. The number of methoxy groups -OCH3 is 1. The maximum atomic E-state index is 12.6. The molecule has 208 valence electrons. The number of ether oxygens (including phenoxy) is 3. The Bertz CT molecular complexity index is 1240. The fraction of sp³-hybridized carbons (Fsp3) is 0.552. The Balaban J connectivity index is 1.73. The first-order valence-corrected chi connectivity index (χ1v) is 13.0. The SMILES string of the molecule is COc1cc2c(cc1OCCCCCNC(=O)OC(C)(C)C)C[C@@H](C(C)(C)C)n1cc(C(=O)O)c(=O)cc1-2. The Morgan fingerprint density at radius 1 is 1.05 bits per heavy atom. The second-order valence-electron chi connectivity index (χ2n) is 11.7. The van der Waals surface area contributed by atoms with E-state index in [9.17, 15) is 19.5 Å². The second-order valence-corrected chi connectivity index (χ2v) is 11.7. The number of fused-ring (bicyclic) bond motifs is 3. The van der Waals surface area contributed by atoms with Gasteiger partial charge in [0.15, 0.2) is 16.9 Å². The quantitative estimate of drug-likeness (QED) is 0.416. The van der Waals surface area contributed by atoms with Crippen LogP contribution in [0.5, 0.6) is 11.5 Å². The summed E-state index contributed by atoms with van der Waals surface area (Å²) in [6.45, 7) is 12.8. The summed E-state index contributed by atoms with van der Waals surface area (Å²) in [5.74, 6) is -0.0553. The van der Waals surface area contributed by atoms with E-state index in [1.54, 1.807) is 7.11 Å². The van der Waals surface area contributed by atoms with E-state index in [1.165, 1.54) is 12.3 Å². The van der Waals surface area contributed by atoms with Gasteiger partial charge in [0.25, 0.3) is 0 Å². The highest BCUT2D eigenvalue weighted by molar-refractivity contribution is 5.88. The van der Waals surface area contributed by atoms with Crippen LogP contribution in [-0.2, 0) is 11.2 Å². The minimum atomic E-state index is -1.23. The minimum absolute atomic E-state index is 0.0533. The van der Waals surface area contributed by atoms with Crippen molar-refractivity contribution in [1.29, 1.82) is 0 Å². The van der Waals surface area contributed by atoms with Crippen LogP contribution in [0.4, 0.5) is 4.79 Å². The van der Waals surface area contributed by atoms with Gasteiger partial charge < -0.3 is 29.2 Å². The molecule has 0 bridgehead atoms.